The van der Waals surface area contributed by atoms with E-state index < -0.39 is 0 Å². The number of hydrogen-bond donors (Lipinski definition) is 2. The summed E-state index contributed by atoms with van der Waals surface area (Å²) < 4.78 is 0. The summed E-state index contributed by atoms with van der Waals surface area (Å²) in [6.07, 6.45) is 2.76. The highest BCUT2D eigenvalue weighted by atomic mass is 16.1. The van der Waals surface area contributed by atoms with Crippen LogP contribution in [0.2, 0.25) is 0 Å². The van der Waals surface area contributed by atoms with Gasteiger partial charge >= 0.3 is 0 Å². The first-order valence-corrected chi connectivity index (χ1v) is 7.66. The first-order valence-electron chi connectivity index (χ1n) is 7.66. The Bertz CT molecular complexity index is 645. The summed E-state index contributed by atoms with van der Waals surface area (Å²) in [7, 11) is 4.04. The van der Waals surface area contributed by atoms with Crippen molar-refractivity contribution in [1.29, 1.82) is 0 Å². The van der Waals surface area contributed by atoms with E-state index in [1.54, 1.807) is 0 Å². The van der Waals surface area contributed by atoms with Gasteiger partial charge < -0.3 is 15.2 Å². The van der Waals surface area contributed by atoms with Crippen LogP contribution < -0.4 is 5.32 Å². The van der Waals surface area contributed by atoms with Gasteiger partial charge in [-0.15, -0.1) is 0 Å². The van der Waals surface area contributed by atoms with E-state index in [2.05, 4.69) is 39.5 Å². The summed E-state index contributed by atoms with van der Waals surface area (Å²) in [4.78, 5) is 17.9. The number of fused-ring (bicyclic) bond motifs is 3. The number of amides is 1. The zero-order chi connectivity index (χ0) is 14.8. The third-order valence-corrected chi connectivity index (χ3v) is 4.32. The largest absolute Gasteiger partial charge is 0.358 e. The Kier molecular flexibility index (Phi) is 3.97. The van der Waals surface area contributed by atoms with Gasteiger partial charge in [0.15, 0.2) is 0 Å². The summed E-state index contributed by atoms with van der Waals surface area (Å²) in [5.41, 5.74) is 3.84. The standard InChI is InChI=1S/C17H23N3O/c1-20(2)10-9-18-17(21)12-7-8-16-14(11-12)13-5-3-4-6-15(13)19-16/h3-6,12,19H,7-11H2,1-2H3,(H,18,21). The van der Waals surface area contributed by atoms with Crippen molar-refractivity contribution in [3.8, 4) is 0 Å². The molecule has 2 N–H and O–H groups in total. The number of hydrogen-bond acceptors (Lipinski definition) is 2. The van der Waals surface area contributed by atoms with Crippen molar-refractivity contribution in [2.45, 2.75) is 19.3 Å². The SMILES string of the molecule is CN(C)CCNC(=O)C1CCc2[nH]c3ccccc3c2C1. The fourth-order valence-corrected chi connectivity index (χ4v) is 3.14. The van der Waals surface area contributed by atoms with Gasteiger partial charge in [-0.05, 0) is 45.0 Å². The van der Waals surface area contributed by atoms with Gasteiger partial charge in [0.25, 0.3) is 0 Å². The highest BCUT2D eigenvalue weighted by molar-refractivity contribution is 5.86. The van der Waals surface area contributed by atoms with Crippen LogP contribution in [0.25, 0.3) is 10.9 Å². The van der Waals surface area contributed by atoms with Gasteiger partial charge in [0.05, 0.1) is 0 Å². The molecular weight excluding hydrogens is 262 g/mol. The Morgan fingerprint density at radius 2 is 2.19 bits per heavy atom. The fraction of sp³-hybridized carbons (Fsp3) is 0.471. The smallest absolute Gasteiger partial charge is 0.223 e. The van der Waals surface area contributed by atoms with Crippen LogP contribution in [0, 0.1) is 5.92 Å². The number of aromatic nitrogens is 1. The van der Waals surface area contributed by atoms with Crippen LogP contribution in [0.3, 0.4) is 0 Å². The number of para-hydroxylation sites is 1. The third-order valence-electron chi connectivity index (χ3n) is 4.32. The summed E-state index contributed by atoms with van der Waals surface area (Å²) in [6.45, 7) is 1.61. The van der Waals surface area contributed by atoms with Crippen molar-refractivity contribution in [3.63, 3.8) is 0 Å². The minimum absolute atomic E-state index is 0.110. The molecule has 4 heteroatoms. The number of nitrogens with zero attached hydrogens (tertiary/aromatic N) is 1. The van der Waals surface area contributed by atoms with E-state index in [1.807, 2.05) is 14.1 Å². The Morgan fingerprint density at radius 3 is 3.00 bits per heavy atom. The van der Waals surface area contributed by atoms with E-state index in [1.165, 1.54) is 22.2 Å². The zero-order valence-electron chi connectivity index (χ0n) is 12.8. The molecule has 1 amide bonds. The zero-order valence-corrected chi connectivity index (χ0v) is 12.8. The summed E-state index contributed by atoms with van der Waals surface area (Å²) >= 11 is 0. The van der Waals surface area contributed by atoms with E-state index in [9.17, 15) is 4.79 Å². The number of benzene rings is 1. The number of nitrogens with one attached hydrogen (secondary N) is 2. The van der Waals surface area contributed by atoms with Gasteiger partial charge in [-0.3, -0.25) is 4.79 Å². The molecule has 1 heterocycles. The molecule has 0 spiro atoms. The number of carbonyl (C=O) groups is 1. The van der Waals surface area contributed by atoms with Gasteiger partial charge in [0.1, 0.15) is 0 Å². The van der Waals surface area contributed by atoms with Crippen LogP contribution in [0.4, 0.5) is 0 Å². The monoisotopic (exact) mass is 285 g/mol. The molecule has 1 unspecified atom stereocenters. The Labute approximate surface area is 125 Å². The van der Waals surface area contributed by atoms with E-state index in [4.69, 9.17) is 0 Å². The predicted molar refractivity (Wildman–Crippen MR) is 85.4 cm³/mol. The number of H-pyrrole nitrogens is 1. The molecule has 0 radical (unpaired) electrons. The van der Waals surface area contributed by atoms with Crippen LogP contribution in [0.5, 0.6) is 0 Å². The average Bonchev–Trinajstić information content (AvgIpc) is 2.84. The second-order valence-electron chi connectivity index (χ2n) is 6.16. The van der Waals surface area contributed by atoms with Crippen molar-refractivity contribution in [3.05, 3.63) is 35.5 Å². The Balaban J connectivity index is 1.70. The highest BCUT2D eigenvalue weighted by Gasteiger charge is 2.26. The molecule has 1 aromatic heterocycles. The molecule has 0 fully saturated rings. The van der Waals surface area contributed by atoms with Crippen LogP contribution in [-0.2, 0) is 17.6 Å². The lowest BCUT2D eigenvalue weighted by atomic mass is 9.86. The first-order chi connectivity index (χ1) is 10.1. The first kappa shape index (κ1) is 14.1. The molecule has 1 aromatic carbocycles. The maximum atomic E-state index is 12.3. The number of aryl methyl sites for hydroxylation is 1. The van der Waals surface area contributed by atoms with Gasteiger partial charge in [0.2, 0.25) is 5.91 Å². The van der Waals surface area contributed by atoms with Gasteiger partial charge in [0, 0.05) is 35.6 Å². The van der Waals surface area contributed by atoms with Crippen LogP contribution in [-0.4, -0.2) is 43.0 Å². The van der Waals surface area contributed by atoms with Crippen molar-refractivity contribution < 1.29 is 4.79 Å². The second-order valence-corrected chi connectivity index (χ2v) is 6.16. The molecule has 1 atom stereocenters. The molecule has 1 aliphatic rings. The second kappa shape index (κ2) is 5.90. The van der Waals surface area contributed by atoms with Gasteiger partial charge in [-0.1, -0.05) is 18.2 Å². The van der Waals surface area contributed by atoms with Crippen molar-refractivity contribution in [2.24, 2.45) is 5.92 Å². The summed E-state index contributed by atoms with van der Waals surface area (Å²) in [5, 5.41) is 4.34. The minimum atomic E-state index is 0.110. The van der Waals surface area contributed by atoms with Crippen molar-refractivity contribution in [2.75, 3.05) is 27.2 Å². The molecule has 4 nitrogen and oxygen atoms in total. The normalized spacial score (nSPS) is 18.0. The quantitative estimate of drug-likeness (QED) is 0.902. The van der Waals surface area contributed by atoms with E-state index >= 15 is 0 Å². The lowest BCUT2D eigenvalue weighted by Gasteiger charge is -2.22. The van der Waals surface area contributed by atoms with Crippen LogP contribution in [0.1, 0.15) is 17.7 Å². The maximum absolute atomic E-state index is 12.3. The molecule has 112 valence electrons. The molecule has 21 heavy (non-hydrogen) atoms. The van der Waals surface area contributed by atoms with Gasteiger partial charge in [-0.25, -0.2) is 0 Å². The average molecular weight is 285 g/mol. The number of aromatic amines is 1. The molecule has 0 saturated carbocycles. The summed E-state index contributed by atoms with van der Waals surface area (Å²) in [5.74, 6) is 0.312. The summed E-state index contributed by atoms with van der Waals surface area (Å²) in [6, 6.07) is 8.38. The minimum Gasteiger partial charge on any atom is -0.358 e. The molecule has 3 rings (SSSR count). The Morgan fingerprint density at radius 1 is 1.38 bits per heavy atom. The van der Waals surface area contributed by atoms with Crippen LogP contribution in [0.15, 0.2) is 24.3 Å². The highest BCUT2D eigenvalue weighted by Crippen LogP contribution is 2.31. The van der Waals surface area contributed by atoms with E-state index in [0.29, 0.717) is 0 Å². The molecule has 2 aromatic rings. The molecular formula is C17H23N3O. The molecule has 0 saturated heterocycles. The lowest BCUT2D eigenvalue weighted by molar-refractivity contribution is -0.125. The lowest BCUT2D eigenvalue weighted by Crippen LogP contribution is -2.37. The topological polar surface area (TPSA) is 48.1 Å². The van der Waals surface area contributed by atoms with Crippen LogP contribution >= 0.6 is 0 Å². The molecule has 1 aliphatic carbocycles. The Hall–Kier alpha value is -1.81. The van der Waals surface area contributed by atoms with Gasteiger partial charge in [-0.2, -0.15) is 0 Å². The van der Waals surface area contributed by atoms with E-state index in [-0.39, 0.29) is 11.8 Å². The van der Waals surface area contributed by atoms with Crippen molar-refractivity contribution in [1.82, 2.24) is 15.2 Å². The van der Waals surface area contributed by atoms with E-state index in [0.717, 1.165) is 32.4 Å². The number of likely N-dealkylation sites (N-methyl/N-ethyl adjacent to an activating group) is 1. The fourth-order valence-electron chi connectivity index (χ4n) is 3.14. The third kappa shape index (κ3) is 2.95. The number of carbonyl (C=O) groups excluding carboxylic acids is 1. The predicted octanol–water partition coefficient (Wildman–Crippen LogP) is 1.95. The van der Waals surface area contributed by atoms with Crippen molar-refractivity contribution >= 4 is 16.8 Å². The number of rotatable bonds is 4. The molecule has 0 bridgehead atoms. The maximum Gasteiger partial charge on any atom is 0.223 e. The molecule has 0 aliphatic heterocycles.